The van der Waals surface area contributed by atoms with Crippen LogP contribution in [0.4, 0.5) is 0 Å². The summed E-state index contributed by atoms with van der Waals surface area (Å²) in [7, 11) is 0. The van der Waals surface area contributed by atoms with Crippen LogP contribution in [-0.4, -0.2) is 11.9 Å². The van der Waals surface area contributed by atoms with E-state index in [9.17, 15) is 4.79 Å². The van der Waals surface area contributed by atoms with Gasteiger partial charge in [-0.25, -0.2) is 0 Å². The molecule has 0 heterocycles. The minimum atomic E-state index is -0.187. The molecule has 0 radical (unpaired) electrons. The summed E-state index contributed by atoms with van der Waals surface area (Å²) in [5.41, 5.74) is 6.88. The number of rotatable bonds is 4. The van der Waals surface area contributed by atoms with Crippen LogP contribution in [0.5, 0.6) is 0 Å². The van der Waals surface area contributed by atoms with Gasteiger partial charge >= 0.3 is 0 Å². The molecular formula is C16H26N2O. The van der Waals surface area contributed by atoms with Crippen LogP contribution in [-0.2, 0) is 4.79 Å². The summed E-state index contributed by atoms with van der Waals surface area (Å²) in [6.07, 6.45) is 0. The van der Waals surface area contributed by atoms with Gasteiger partial charge in [0.15, 0.2) is 0 Å². The standard InChI is InChI=1S/C16H26N2O/c1-11(12(2)17)15(19)18-14(16(3,4)5)13-9-7-6-8-10-13/h6-12,14H,17H2,1-5H3,(H,18,19). The van der Waals surface area contributed by atoms with E-state index in [2.05, 4.69) is 26.1 Å². The van der Waals surface area contributed by atoms with Crippen molar-refractivity contribution in [2.75, 3.05) is 0 Å². The van der Waals surface area contributed by atoms with Crippen molar-refractivity contribution in [2.45, 2.75) is 46.7 Å². The minimum Gasteiger partial charge on any atom is -0.348 e. The number of nitrogens with two attached hydrogens (primary N) is 1. The van der Waals surface area contributed by atoms with Gasteiger partial charge in [-0.05, 0) is 17.9 Å². The highest BCUT2D eigenvalue weighted by Gasteiger charge is 2.29. The molecule has 1 amide bonds. The number of hydrogen-bond donors (Lipinski definition) is 2. The van der Waals surface area contributed by atoms with Crippen LogP contribution in [0.3, 0.4) is 0 Å². The van der Waals surface area contributed by atoms with Gasteiger partial charge in [-0.1, -0.05) is 58.0 Å². The summed E-state index contributed by atoms with van der Waals surface area (Å²) < 4.78 is 0. The zero-order valence-corrected chi connectivity index (χ0v) is 12.6. The molecule has 0 aliphatic rings. The van der Waals surface area contributed by atoms with Gasteiger partial charge in [-0.2, -0.15) is 0 Å². The maximum Gasteiger partial charge on any atom is 0.224 e. The molecule has 106 valence electrons. The fraction of sp³-hybridized carbons (Fsp3) is 0.562. The quantitative estimate of drug-likeness (QED) is 0.876. The molecule has 1 aromatic rings. The third-order valence-electron chi connectivity index (χ3n) is 3.49. The van der Waals surface area contributed by atoms with Crippen LogP contribution in [0.25, 0.3) is 0 Å². The van der Waals surface area contributed by atoms with Crippen molar-refractivity contribution < 1.29 is 4.79 Å². The van der Waals surface area contributed by atoms with E-state index in [4.69, 9.17) is 5.73 Å². The molecule has 0 aliphatic carbocycles. The molecular weight excluding hydrogens is 236 g/mol. The Labute approximate surface area is 116 Å². The Morgan fingerprint density at radius 2 is 1.68 bits per heavy atom. The lowest BCUT2D eigenvalue weighted by atomic mass is 9.82. The highest BCUT2D eigenvalue weighted by atomic mass is 16.2. The van der Waals surface area contributed by atoms with Crippen LogP contribution in [0.15, 0.2) is 30.3 Å². The summed E-state index contributed by atoms with van der Waals surface area (Å²) in [4.78, 5) is 12.2. The lowest BCUT2D eigenvalue weighted by Crippen LogP contribution is -2.43. The predicted octanol–water partition coefficient (Wildman–Crippen LogP) is 2.87. The molecule has 0 saturated heterocycles. The van der Waals surface area contributed by atoms with Crippen LogP contribution in [0, 0.1) is 11.3 Å². The number of hydrogen-bond acceptors (Lipinski definition) is 2. The molecule has 1 aromatic carbocycles. The number of benzene rings is 1. The fourth-order valence-corrected chi connectivity index (χ4v) is 1.96. The van der Waals surface area contributed by atoms with Crippen molar-refractivity contribution in [3.63, 3.8) is 0 Å². The Balaban J connectivity index is 2.93. The molecule has 1 rings (SSSR count). The number of nitrogens with one attached hydrogen (secondary N) is 1. The summed E-state index contributed by atoms with van der Waals surface area (Å²) in [5.74, 6) is -0.174. The highest BCUT2D eigenvalue weighted by molar-refractivity contribution is 5.79. The average molecular weight is 262 g/mol. The molecule has 0 aromatic heterocycles. The lowest BCUT2D eigenvalue weighted by Gasteiger charge is -2.33. The molecule has 3 heteroatoms. The Morgan fingerprint density at radius 3 is 2.11 bits per heavy atom. The Bertz CT molecular complexity index is 407. The van der Waals surface area contributed by atoms with Crippen molar-refractivity contribution >= 4 is 5.91 Å². The summed E-state index contributed by atoms with van der Waals surface area (Å²) in [5, 5.41) is 3.14. The van der Waals surface area contributed by atoms with Gasteiger partial charge in [0.2, 0.25) is 5.91 Å². The van der Waals surface area contributed by atoms with Gasteiger partial charge < -0.3 is 11.1 Å². The first-order valence-electron chi connectivity index (χ1n) is 6.84. The smallest absolute Gasteiger partial charge is 0.224 e. The maximum atomic E-state index is 12.2. The van der Waals surface area contributed by atoms with Crippen molar-refractivity contribution in [1.82, 2.24) is 5.32 Å². The summed E-state index contributed by atoms with van der Waals surface area (Å²) in [6.45, 7) is 10.1. The van der Waals surface area contributed by atoms with Crippen LogP contribution < -0.4 is 11.1 Å². The topological polar surface area (TPSA) is 55.1 Å². The number of carbonyl (C=O) groups is 1. The second-order valence-electron chi connectivity index (χ2n) is 6.37. The zero-order chi connectivity index (χ0) is 14.6. The number of carbonyl (C=O) groups excluding carboxylic acids is 1. The van der Waals surface area contributed by atoms with Crippen LogP contribution in [0.1, 0.15) is 46.2 Å². The van der Waals surface area contributed by atoms with E-state index < -0.39 is 0 Å². The van der Waals surface area contributed by atoms with Crippen LogP contribution >= 0.6 is 0 Å². The van der Waals surface area contributed by atoms with E-state index in [0.29, 0.717) is 0 Å². The third kappa shape index (κ3) is 4.35. The van der Waals surface area contributed by atoms with E-state index in [1.165, 1.54) is 0 Å². The lowest BCUT2D eigenvalue weighted by molar-refractivity contribution is -0.126. The monoisotopic (exact) mass is 262 g/mol. The largest absolute Gasteiger partial charge is 0.348 e. The van der Waals surface area contributed by atoms with Gasteiger partial charge in [0.25, 0.3) is 0 Å². The van der Waals surface area contributed by atoms with E-state index in [1.54, 1.807) is 0 Å². The second-order valence-corrected chi connectivity index (χ2v) is 6.37. The molecule has 3 nitrogen and oxygen atoms in total. The van der Waals surface area contributed by atoms with Crippen LogP contribution in [0.2, 0.25) is 0 Å². The SMILES string of the molecule is CC(N)C(C)C(=O)NC(c1ccccc1)C(C)(C)C. The normalized spacial score (nSPS) is 16.5. The molecule has 3 atom stereocenters. The van der Waals surface area contributed by atoms with Crippen molar-refractivity contribution in [2.24, 2.45) is 17.1 Å². The first kappa shape index (κ1) is 15.7. The van der Waals surface area contributed by atoms with E-state index >= 15 is 0 Å². The van der Waals surface area contributed by atoms with Crippen molar-refractivity contribution in [3.05, 3.63) is 35.9 Å². The first-order chi connectivity index (χ1) is 8.73. The van der Waals surface area contributed by atoms with Gasteiger partial charge in [0.1, 0.15) is 0 Å². The maximum absolute atomic E-state index is 12.2. The molecule has 0 bridgehead atoms. The van der Waals surface area contributed by atoms with Gasteiger partial charge in [0, 0.05) is 12.0 Å². The van der Waals surface area contributed by atoms with Crippen molar-refractivity contribution in [1.29, 1.82) is 0 Å². The van der Waals surface area contributed by atoms with Gasteiger partial charge in [-0.15, -0.1) is 0 Å². The van der Waals surface area contributed by atoms with Gasteiger partial charge in [0.05, 0.1) is 6.04 Å². The van der Waals surface area contributed by atoms with E-state index in [0.717, 1.165) is 5.56 Å². The molecule has 0 aliphatic heterocycles. The Kier molecular flexibility index (Phi) is 5.12. The molecule has 3 N–H and O–H groups in total. The fourth-order valence-electron chi connectivity index (χ4n) is 1.96. The second kappa shape index (κ2) is 6.20. The summed E-state index contributed by atoms with van der Waals surface area (Å²) >= 11 is 0. The molecule has 3 unspecified atom stereocenters. The third-order valence-corrected chi connectivity index (χ3v) is 3.49. The highest BCUT2D eigenvalue weighted by Crippen LogP contribution is 2.32. The number of amides is 1. The first-order valence-corrected chi connectivity index (χ1v) is 6.84. The predicted molar refractivity (Wildman–Crippen MR) is 79.6 cm³/mol. The zero-order valence-electron chi connectivity index (χ0n) is 12.6. The molecule has 0 spiro atoms. The molecule has 0 fully saturated rings. The molecule has 19 heavy (non-hydrogen) atoms. The summed E-state index contributed by atoms with van der Waals surface area (Å²) in [6, 6.07) is 9.92. The van der Waals surface area contributed by atoms with E-state index in [-0.39, 0.29) is 29.3 Å². The molecule has 0 saturated carbocycles. The Hall–Kier alpha value is -1.35. The Morgan fingerprint density at radius 1 is 1.16 bits per heavy atom. The van der Waals surface area contributed by atoms with Crippen molar-refractivity contribution in [3.8, 4) is 0 Å². The average Bonchev–Trinajstić information content (AvgIpc) is 2.34. The van der Waals surface area contributed by atoms with Gasteiger partial charge in [-0.3, -0.25) is 4.79 Å². The minimum absolute atomic E-state index is 0.0117. The van der Waals surface area contributed by atoms with E-state index in [1.807, 2.05) is 44.2 Å².